The summed E-state index contributed by atoms with van der Waals surface area (Å²) in [5, 5.41) is 74.0. The molecular formula is C20H29NO14S2. The van der Waals surface area contributed by atoms with E-state index < -0.39 is 77.6 Å². The summed E-state index contributed by atoms with van der Waals surface area (Å²) in [4.78, 5) is 0. The van der Waals surface area contributed by atoms with E-state index in [-0.39, 0.29) is 17.2 Å². The zero-order chi connectivity index (χ0) is 27.5. The maximum Gasteiger partial charge on any atom is 0.466 e. The highest BCUT2D eigenvalue weighted by molar-refractivity contribution is 8.14. The van der Waals surface area contributed by atoms with Crippen LogP contribution in [-0.2, 0) is 35.3 Å². The van der Waals surface area contributed by atoms with Crippen molar-refractivity contribution in [1.29, 1.82) is 0 Å². The first-order chi connectivity index (χ1) is 17.3. The van der Waals surface area contributed by atoms with Gasteiger partial charge in [-0.1, -0.05) is 29.1 Å². The zero-order valence-electron chi connectivity index (χ0n) is 19.3. The summed E-state index contributed by atoms with van der Waals surface area (Å²) in [6.07, 6.45) is -13.6. The van der Waals surface area contributed by atoms with Gasteiger partial charge in [-0.2, -0.15) is 8.42 Å². The molecule has 2 saturated heterocycles. The van der Waals surface area contributed by atoms with Crippen molar-refractivity contribution in [3.8, 4) is 5.75 Å². The minimum atomic E-state index is -4.97. The summed E-state index contributed by atoms with van der Waals surface area (Å²) >= 11 is 0.620. The summed E-state index contributed by atoms with van der Waals surface area (Å²) in [5.41, 5.74) is -0.830. The molecule has 2 aliphatic heterocycles. The van der Waals surface area contributed by atoms with E-state index in [1.165, 1.54) is 31.2 Å². The predicted octanol–water partition coefficient (Wildman–Crippen LogP) is -2.55. The van der Waals surface area contributed by atoms with Crippen LogP contribution >= 0.6 is 11.8 Å². The van der Waals surface area contributed by atoms with Crippen LogP contribution in [0.15, 0.2) is 29.4 Å². The number of aliphatic hydroxyl groups excluding tert-OH is 6. The van der Waals surface area contributed by atoms with Gasteiger partial charge >= 0.3 is 10.4 Å². The molecule has 0 amide bonds. The van der Waals surface area contributed by atoms with Gasteiger partial charge in [0.1, 0.15) is 59.0 Å². The van der Waals surface area contributed by atoms with Crippen molar-refractivity contribution in [2.24, 2.45) is 5.16 Å². The second kappa shape index (κ2) is 12.5. The monoisotopic (exact) mass is 571 g/mol. The van der Waals surface area contributed by atoms with E-state index >= 15 is 0 Å². The van der Waals surface area contributed by atoms with Gasteiger partial charge in [-0.3, -0.25) is 4.55 Å². The maximum atomic E-state index is 11.0. The van der Waals surface area contributed by atoms with Gasteiger partial charge in [-0.15, -0.1) is 0 Å². The summed E-state index contributed by atoms with van der Waals surface area (Å²) in [5.74, 6) is -0.0291. The number of nitrogens with zero attached hydrogens (tertiary/aromatic N) is 1. The molecule has 0 spiro atoms. The average Bonchev–Trinajstić information content (AvgIpc) is 2.84. The number of phenolic OH excluding ortho intramolecular Hbond substituents is 1. The van der Waals surface area contributed by atoms with E-state index in [1.54, 1.807) is 0 Å². The van der Waals surface area contributed by atoms with Gasteiger partial charge in [0, 0.05) is 6.42 Å². The van der Waals surface area contributed by atoms with Gasteiger partial charge in [-0.25, -0.2) is 4.28 Å². The number of phenols is 1. The molecule has 0 saturated carbocycles. The molecule has 1 aromatic rings. The van der Waals surface area contributed by atoms with Gasteiger partial charge in [-0.05, 0) is 24.6 Å². The van der Waals surface area contributed by atoms with Crippen molar-refractivity contribution in [2.45, 2.75) is 73.9 Å². The van der Waals surface area contributed by atoms with Crippen LogP contribution < -0.4 is 0 Å². The number of aromatic hydroxyl groups is 1. The van der Waals surface area contributed by atoms with Crippen LogP contribution in [-0.4, -0.2) is 121 Å². The van der Waals surface area contributed by atoms with Gasteiger partial charge in [0.15, 0.2) is 6.29 Å². The Morgan fingerprint density at radius 1 is 1.00 bits per heavy atom. The van der Waals surface area contributed by atoms with Crippen molar-refractivity contribution in [3.63, 3.8) is 0 Å². The summed E-state index contributed by atoms with van der Waals surface area (Å²) in [6.45, 7) is 0.680. The molecule has 8 N–H and O–H groups in total. The van der Waals surface area contributed by atoms with E-state index in [9.17, 15) is 44.2 Å². The minimum Gasteiger partial charge on any atom is -0.508 e. The van der Waals surface area contributed by atoms with E-state index in [4.69, 9.17) is 18.8 Å². The fraction of sp³-hybridized carbons (Fsp3) is 0.650. The molecule has 15 nitrogen and oxygen atoms in total. The molecule has 1 aromatic carbocycles. The standard InChI is InChI=1S/C20H29NO14S2/c1-8-13(24)14(25)16(27)19(32-8)34-18-11(7-22)33-20(17(28)15(18)26)36-12(21-35-37(29,30)31)6-9-2-4-10(23)5-3-9/h2-5,8,11,13-20,22-28H,6-7H2,1H3,(H,29,30,31)/b21-12+/t8-,11+,13-,14+,15+,16+,17+,18+,19-,20-/m0/s1. The summed E-state index contributed by atoms with van der Waals surface area (Å²) in [6, 6.07) is 5.71. The fourth-order valence-electron chi connectivity index (χ4n) is 3.71. The number of benzene rings is 1. The number of hydrogen-bond donors (Lipinski definition) is 8. The average molecular weight is 572 g/mol. The molecule has 0 radical (unpaired) electrons. The van der Waals surface area contributed by atoms with Crippen molar-refractivity contribution >= 4 is 27.2 Å². The van der Waals surface area contributed by atoms with Crippen molar-refractivity contribution in [1.82, 2.24) is 0 Å². The lowest BCUT2D eigenvalue weighted by atomic mass is 9.98. The van der Waals surface area contributed by atoms with Crippen LogP contribution in [0.4, 0.5) is 0 Å². The topological polar surface area (TPSA) is 245 Å². The first-order valence-corrected chi connectivity index (χ1v) is 13.2. The normalized spacial score (nSPS) is 37.4. The molecule has 37 heavy (non-hydrogen) atoms. The van der Waals surface area contributed by atoms with Crippen LogP contribution in [0.1, 0.15) is 12.5 Å². The molecule has 2 fully saturated rings. The third-order valence-corrected chi connectivity index (χ3v) is 7.07. The largest absolute Gasteiger partial charge is 0.508 e. The zero-order valence-corrected chi connectivity index (χ0v) is 20.9. The number of aliphatic hydroxyl groups is 6. The lowest BCUT2D eigenvalue weighted by Gasteiger charge is -2.45. The Hall–Kier alpha value is -1.61. The smallest absolute Gasteiger partial charge is 0.466 e. The van der Waals surface area contributed by atoms with Crippen LogP contribution in [0.2, 0.25) is 0 Å². The van der Waals surface area contributed by atoms with E-state index in [2.05, 4.69) is 9.44 Å². The Bertz CT molecular complexity index is 1020. The number of oxime groups is 1. The molecule has 2 heterocycles. The third kappa shape index (κ3) is 7.71. The van der Waals surface area contributed by atoms with Crippen molar-refractivity contribution < 1.29 is 67.2 Å². The highest BCUT2D eigenvalue weighted by atomic mass is 32.3. The third-order valence-electron chi connectivity index (χ3n) is 5.70. The summed E-state index contributed by atoms with van der Waals surface area (Å²) in [7, 11) is -4.97. The molecular weight excluding hydrogens is 542 g/mol. The Balaban J connectivity index is 1.76. The van der Waals surface area contributed by atoms with Gasteiger partial charge in [0.05, 0.1) is 12.7 Å². The Labute approximate surface area is 215 Å². The van der Waals surface area contributed by atoms with Gasteiger partial charge in [0.2, 0.25) is 0 Å². The van der Waals surface area contributed by atoms with E-state index in [0.717, 1.165) is 0 Å². The van der Waals surface area contributed by atoms with Gasteiger partial charge < -0.3 is 50.0 Å². The lowest BCUT2D eigenvalue weighted by molar-refractivity contribution is -0.333. The first kappa shape index (κ1) is 29.9. The predicted molar refractivity (Wildman–Crippen MR) is 124 cm³/mol. The number of rotatable bonds is 8. The van der Waals surface area contributed by atoms with Crippen LogP contribution in [0.5, 0.6) is 5.75 Å². The molecule has 0 aliphatic carbocycles. The summed E-state index contributed by atoms with van der Waals surface area (Å²) < 4.78 is 51.5. The molecule has 2 aliphatic rings. The number of thioether (sulfide) groups is 1. The van der Waals surface area contributed by atoms with Crippen LogP contribution in [0.3, 0.4) is 0 Å². The molecule has 0 bridgehead atoms. The molecule has 17 heteroatoms. The van der Waals surface area contributed by atoms with Crippen molar-refractivity contribution in [3.05, 3.63) is 29.8 Å². The highest BCUT2D eigenvalue weighted by Gasteiger charge is 2.50. The Kier molecular flexibility index (Phi) is 10.1. The minimum absolute atomic E-state index is 0.0291. The van der Waals surface area contributed by atoms with Gasteiger partial charge in [0.25, 0.3) is 0 Å². The Morgan fingerprint density at radius 3 is 2.24 bits per heavy atom. The second-order valence-corrected chi connectivity index (χ2v) is 10.6. The molecule has 0 aromatic heterocycles. The number of hydrogen-bond acceptors (Lipinski definition) is 15. The fourth-order valence-corrected chi connectivity index (χ4v) is 5.03. The maximum absolute atomic E-state index is 11.0. The highest BCUT2D eigenvalue weighted by Crippen LogP contribution is 2.34. The SMILES string of the molecule is C[C@@H]1O[C@@H](O[C@H]2[C@H](O)[C@@H](O)[C@H](S/C(Cc3ccc(O)cc3)=N/OS(=O)(=O)O)O[C@@H]2CO)[C@H](O)[C@H](O)[C@H]1O. The van der Waals surface area contributed by atoms with E-state index in [1.807, 2.05) is 0 Å². The molecule has 0 unspecified atom stereocenters. The number of ether oxygens (including phenoxy) is 3. The van der Waals surface area contributed by atoms with Crippen molar-refractivity contribution in [2.75, 3.05) is 6.61 Å². The molecule has 3 rings (SSSR count). The molecule has 210 valence electrons. The quantitative estimate of drug-likeness (QED) is 0.0693. The second-order valence-electron chi connectivity index (χ2n) is 8.44. The molecule has 10 atom stereocenters. The van der Waals surface area contributed by atoms with E-state index in [0.29, 0.717) is 17.3 Å². The first-order valence-electron chi connectivity index (χ1n) is 11.0. The van der Waals surface area contributed by atoms with Crippen LogP contribution in [0, 0.1) is 0 Å². The lowest BCUT2D eigenvalue weighted by Crippen LogP contribution is -2.63. The Morgan fingerprint density at radius 2 is 1.65 bits per heavy atom. The van der Waals surface area contributed by atoms with Crippen LogP contribution in [0.25, 0.3) is 0 Å².